The van der Waals surface area contributed by atoms with Crippen molar-refractivity contribution in [3.8, 4) is 0 Å². The number of aromatic amines is 1. The highest BCUT2D eigenvalue weighted by molar-refractivity contribution is 7.33. The van der Waals surface area contributed by atoms with Gasteiger partial charge in [0, 0.05) is 7.11 Å². The predicted octanol–water partition coefficient (Wildman–Crippen LogP) is -0.0128. The number of alkyl halides is 1. The number of nitrogens with two attached hydrogens (primary N) is 2. The summed E-state index contributed by atoms with van der Waals surface area (Å²) in [4.78, 5) is 35.2. The van der Waals surface area contributed by atoms with E-state index in [1.54, 1.807) is 0 Å². The third-order valence-electron chi connectivity index (χ3n) is 7.30. The lowest BCUT2D eigenvalue weighted by Crippen LogP contribution is -2.36. The average Bonchev–Trinajstić information content (AvgIpc) is 3.74. The summed E-state index contributed by atoms with van der Waals surface area (Å²) in [5, 5.41) is 0. The monoisotopic (exact) mass is 642 g/mol. The number of rotatable bonds is 3. The number of nitrogens with zero attached hydrogens (tertiary/aromatic N) is 7. The van der Waals surface area contributed by atoms with Gasteiger partial charge in [-0.3, -0.25) is 23.5 Å². The zero-order valence-electron chi connectivity index (χ0n) is 22.1. The highest BCUT2D eigenvalue weighted by Crippen LogP contribution is 2.44. The van der Waals surface area contributed by atoms with Crippen LogP contribution in [0.4, 0.5) is 16.2 Å². The van der Waals surface area contributed by atoms with Crippen molar-refractivity contribution in [1.29, 1.82) is 0 Å². The highest BCUT2D eigenvalue weighted by Gasteiger charge is 2.51. The number of fused-ring (bicyclic) bond motifs is 5. The standard InChI is InChI=1S/C21H25FN10O9P2/c1-35-13-8-3-37-43(34)41-12-7(38-19(9(12)22)31-5-27-10-15(23)25-4-26-16(10)31)2-36-42-40-14(13)20(39-8)32-6-28-11-17(32)29-21(24)30-18(11)33/h4-9,12-14,19-20,42-43H,2-3H2,1H3,(H2,23,25,26)(H3,24,29,30,33). The van der Waals surface area contributed by atoms with Crippen LogP contribution < -0.4 is 17.0 Å². The number of ether oxygens (including phenoxy) is 3. The Labute approximate surface area is 242 Å². The quantitative estimate of drug-likeness (QED) is 0.249. The number of nitrogen functional groups attached to an aromatic ring is 2. The smallest absolute Gasteiger partial charge is 0.319 e. The minimum Gasteiger partial charge on any atom is -0.382 e. The number of halogens is 1. The summed E-state index contributed by atoms with van der Waals surface area (Å²) in [6.07, 6.45) is -4.80. The lowest BCUT2D eigenvalue weighted by atomic mass is 10.1. The molecule has 43 heavy (non-hydrogen) atoms. The largest absolute Gasteiger partial charge is 0.382 e. The lowest BCUT2D eigenvalue weighted by molar-refractivity contribution is -0.0552. The molecule has 7 heterocycles. The van der Waals surface area contributed by atoms with Gasteiger partial charge < -0.3 is 43.8 Å². The molecule has 5 N–H and O–H groups in total. The number of nitrogens with one attached hydrogen (secondary N) is 1. The van der Waals surface area contributed by atoms with Crippen molar-refractivity contribution >= 4 is 51.4 Å². The van der Waals surface area contributed by atoms with Crippen molar-refractivity contribution < 1.29 is 41.3 Å². The van der Waals surface area contributed by atoms with E-state index in [0.717, 1.165) is 0 Å². The molecule has 2 bridgehead atoms. The van der Waals surface area contributed by atoms with Gasteiger partial charge in [0.2, 0.25) is 5.95 Å². The Morgan fingerprint density at radius 1 is 1.05 bits per heavy atom. The molecular formula is C21H25FN10O9P2. The van der Waals surface area contributed by atoms with Crippen molar-refractivity contribution in [2.45, 2.75) is 49.1 Å². The molecule has 0 aliphatic carbocycles. The third-order valence-corrected chi connectivity index (χ3v) is 8.82. The lowest BCUT2D eigenvalue weighted by Gasteiger charge is -2.23. The van der Waals surface area contributed by atoms with Crippen molar-refractivity contribution in [3.05, 3.63) is 29.3 Å². The van der Waals surface area contributed by atoms with Crippen LogP contribution in [0.1, 0.15) is 12.5 Å². The molecule has 3 fully saturated rings. The minimum atomic E-state index is -3.29. The van der Waals surface area contributed by atoms with Crippen LogP contribution in [0.5, 0.6) is 0 Å². The van der Waals surface area contributed by atoms with E-state index in [4.69, 9.17) is 43.8 Å². The Balaban J connectivity index is 1.14. The summed E-state index contributed by atoms with van der Waals surface area (Å²) in [6.45, 7) is -0.458. The average molecular weight is 642 g/mol. The summed E-state index contributed by atoms with van der Waals surface area (Å²) in [6, 6.07) is 0. The second-order valence-electron chi connectivity index (χ2n) is 9.75. The molecule has 3 aliphatic heterocycles. The SMILES string of the molecule is COC1C2CO[PH](=O)OC3C(COPOC1C(n1cnc4c(=O)[nH]c(N)nc41)O2)OC(n1cnc2c(N)ncnc21)C3F. The van der Waals surface area contributed by atoms with E-state index in [0.29, 0.717) is 0 Å². The van der Waals surface area contributed by atoms with Crippen LogP contribution in [0, 0.1) is 0 Å². The molecule has 0 amide bonds. The van der Waals surface area contributed by atoms with E-state index < -0.39 is 72.0 Å². The summed E-state index contributed by atoms with van der Waals surface area (Å²) >= 11 is 0. The van der Waals surface area contributed by atoms with Gasteiger partial charge in [-0.25, -0.2) is 24.3 Å². The van der Waals surface area contributed by atoms with Gasteiger partial charge in [0.1, 0.15) is 42.4 Å². The predicted molar refractivity (Wildman–Crippen MR) is 145 cm³/mol. The van der Waals surface area contributed by atoms with Crippen LogP contribution in [-0.2, 0) is 36.9 Å². The molecule has 10 unspecified atom stereocenters. The molecule has 0 radical (unpaired) electrons. The number of H-pyrrole nitrogens is 1. The first-order valence-electron chi connectivity index (χ1n) is 12.8. The Hall–Kier alpha value is -3.19. The van der Waals surface area contributed by atoms with Crippen LogP contribution in [0.25, 0.3) is 22.3 Å². The Morgan fingerprint density at radius 2 is 1.81 bits per heavy atom. The molecule has 3 aliphatic rings. The van der Waals surface area contributed by atoms with Crippen LogP contribution in [-0.4, -0.2) is 96.1 Å². The topological polar surface area (TPSA) is 241 Å². The zero-order chi connectivity index (χ0) is 29.8. The first kappa shape index (κ1) is 28.6. The van der Waals surface area contributed by atoms with Crippen LogP contribution in [0.3, 0.4) is 0 Å². The van der Waals surface area contributed by atoms with Crippen molar-refractivity contribution in [2.75, 3.05) is 31.8 Å². The molecule has 4 aromatic rings. The van der Waals surface area contributed by atoms with Gasteiger partial charge in [-0.1, -0.05) is 0 Å². The first-order valence-corrected chi connectivity index (χ1v) is 14.9. The third kappa shape index (κ3) is 4.98. The van der Waals surface area contributed by atoms with E-state index in [-0.39, 0.29) is 47.3 Å². The fourth-order valence-electron chi connectivity index (χ4n) is 5.36. The van der Waals surface area contributed by atoms with Gasteiger partial charge >= 0.3 is 8.25 Å². The van der Waals surface area contributed by atoms with E-state index in [9.17, 15) is 9.36 Å². The van der Waals surface area contributed by atoms with Crippen LogP contribution in [0.15, 0.2) is 23.8 Å². The molecule has 22 heteroatoms. The number of imidazole rings is 2. The van der Waals surface area contributed by atoms with Gasteiger partial charge in [-0.15, -0.1) is 0 Å². The van der Waals surface area contributed by atoms with Crippen molar-refractivity contribution in [3.63, 3.8) is 0 Å². The molecule has 0 aromatic carbocycles. The fourth-order valence-corrected chi connectivity index (χ4v) is 6.89. The van der Waals surface area contributed by atoms with Gasteiger partial charge in [0.05, 0.1) is 25.9 Å². The summed E-state index contributed by atoms with van der Waals surface area (Å²) in [5.74, 6) is 0.00605. The Bertz CT molecular complexity index is 1740. The van der Waals surface area contributed by atoms with Crippen LogP contribution in [0.2, 0.25) is 0 Å². The number of methoxy groups -OCH3 is 1. The van der Waals surface area contributed by atoms with E-state index >= 15 is 4.39 Å². The van der Waals surface area contributed by atoms with E-state index in [1.807, 2.05) is 0 Å². The second kappa shape index (κ2) is 11.4. The maximum Gasteiger partial charge on any atom is 0.319 e. The van der Waals surface area contributed by atoms with Gasteiger partial charge in [-0.2, -0.15) is 4.98 Å². The zero-order valence-corrected chi connectivity index (χ0v) is 24.1. The number of hydrogen-bond acceptors (Lipinski definition) is 16. The van der Waals surface area contributed by atoms with Crippen molar-refractivity contribution in [2.24, 2.45) is 0 Å². The van der Waals surface area contributed by atoms with Crippen LogP contribution >= 0.6 is 17.3 Å². The molecule has 19 nitrogen and oxygen atoms in total. The molecule has 230 valence electrons. The summed E-state index contributed by atoms with van der Waals surface area (Å²) in [5.41, 5.74) is 11.8. The molecule has 0 saturated carbocycles. The molecular weight excluding hydrogens is 617 g/mol. The second-order valence-corrected chi connectivity index (χ2v) is 11.5. The molecule has 0 spiro atoms. The summed E-state index contributed by atoms with van der Waals surface area (Å²) in [7, 11) is -2.45. The van der Waals surface area contributed by atoms with Crippen molar-refractivity contribution in [1.82, 2.24) is 39.0 Å². The first-order chi connectivity index (χ1) is 20.8. The molecule has 7 rings (SSSR count). The number of hydrogen-bond donors (Lipinski definition) is 3. The Morgan fingerprint density at radius 3 is 2.63 bits per heavy atom. The highest BCUT2D eigenvalue weighted by atomic mass is 31.1. The molecule has 4 aromatic heterocycles. The maximum atomic E-state index is 15.8. The van der Waals surface area contributed by atoms with Gasteiger partial charge in [0.15, 0.2) is 50.3 Å². The Kier molecular flexibility index (Phi) is 7.57. The van der Waals surface area contributed by atoms with E-state index in [2.05, 4.69) is 29.9 Å². The van der Waals surface area contributed by atoms with E-state index in [1.165, 1.54) is 35.2 Å². The molecule has 10 atom stereocenters. The number of anilines is 2. The maximum absolute atomic E-state index is 15.8. The summed E-state index contributed by atoms with van der Waals surface area (Å²) < 4.78 is 72.3. The minimum absolute atomic E-state index is 0.0383. The van der Waals surface area contributed by atoms with Gasteiger partial charge in [-0.05, 0) is 0 Å². The molecule has 3 saturated heterocycles. The van der Waals surface area contributed by atoms with Gasteiger partial charge in [0.25, 0.3) is 5.56 Å². The number of aromatic nitrogens is 8. The normalized spacial score (nSPS) is 34.2. The fraction of sp³-hybridized carbons (Fsp3) is 0.524.